The van der Waals surface area contributed by atoms with Crippen molar-refractivity contribution in [2.24, 2.45) is 4.99 Å². The second-order valence-corrected chi connectivity index (χ2v) is 4.45. The Bertz CT molecular complexity index is 711. The largest absolute Gasteiger partial charge is 0.391 e. The lowest BCUT2D eigenvalue weighted by atomic mass is 9.97. The monoisotopic (exact) mass is 269 g/mol. The fourth-order valence-electron chi connectivity index (χ4n) is 2.33. The van der Waals surface area contributed by atoms with Gasteiger partial charge in [0.1, 0.15) is 0 Å². The van der Waals surface area contributed by atoms with Crippen molar-refractivity contribution in [3.63, 3.8) is 0 Å². The number of benzene rings is 1. The summed E-state index contributed by atoms with van der Waals surface area (Å²) in [5, 5.41) is 20.3. The summed E-state index contributed by atoms with van der Waals surface area (Å²) >= 11 is 0. The zero-order chi connectivity index (χ0) is 14.1. The third-order valence-corrected chi connectivity index (χ3v) is 3.29. The fourth-order valence-corrected chi connectivity index (χ4v) is 2.33. The minimum absolute atomic E-state index is 0.0579. The highest BCUT2D eigenvalue weighted by molar-refractivity contribution is 6.15. The summed E-state index contributed by atoms with van der Waals surface area (Å²) < 4.78 is 0. The molecule has 100 valence electrons. The van der Waals surface area contributed by atoms with Gasteiger partial charge >= 0.3 is 0 Å². The van der Waals surface area contributed by atoms with Gasteiger partial charge in [-0.2, -0.15) is 0 Å². The third-order valence-electron chi connectivity index (χ3n) is 3.29. The van der Waals surface area contributed by atoms with Crippen LogP contribution in [-0.2, 0) is 13.2 Å². The molecule has 0 saturated heterocycles. The average molecular weight is 269 g/mol. The lowest BCUT2D eigenvalue weighted by Gasteiger charge is -2.06. The normalized spacial score (nSPS) is 12.9. The first-order valence-corrected chi connectivity index (χ1v) is 6.07. The molecule has 0 unspecified atom stereocenters. The van der Waals surface area contributed by atoms with Gasteiger partial charge in [0.2, 0.25) is 0 Å². The number of pyridine rings is 1. The van der Waals surface area contributed by atoms with E-state index in [9.17, 15) is 15.2 Å². The van der Waals surface area contributed by atoms with E-state index in [0.29, 0.717) is 12.1 Å². The van der Waals surface area contributed by atoms with Crippen LogP contribution in [0.15, 0.2) is 41.7 Å². The first-order chi connectivity index (χ1) is 9.70. The predicted molar refractivity (Wildman–Crippen MR) is 72.6 cm³/mol. The molecule has 0 radical (unpaired) electrons. The van der Waals surface area contributed by atoms with Gasteiger partial charge in [0.25, 0.3) is 5.69 Å². The number of hydrogen-bond donors (Lipinski definition) is 1. The van der Waals surface area contributed by atoms with E-state index in [1.807, 2.05) is 12.1 Å². The van der Waals surface area contributed by atoms with E-state index in [-0.39, 0.29) is 12.3 Å². The molecule has 6 nitrogen and oxygen atoms in total. The molecule has 2 heterocycles. The summed E-state index contributed by atoms with van der Waals surface area (Å²) in [7, 11) is 0. The zero-order valence-electron chi connectivity index (χ0n) is 10.5. The Balaban J connectivity index is 2.11. The number of hydrogen-bond acceptors (Lipinski definition) is 5. The molecule has 2 aromatic rings. The van der Waals surface area contributed by atoms with Gasteiger partial charge in [-0.3, -0.25) is 20.1 Å². The lowest BCUT2D eigenvalue weighted by Crippen LogP contribution is -2.04. The third kappa shape index (κ3) is 1.96. The molecule has 0 fully saturated rings. The SMILES string of the molecule is O=[N+]([O-])c1cc2c(cc1CO)C(c1ccncc1)=NC2. The van der Waals surface area contributed by atoms with Crippen molar-refractivity contribution in [2.45, 2.75) is 13.2 Å². The quantitative estimate of drug-likeness (QED) is 0.680. The first-order valence-electron chi connectivity index (χ1n) is 6.07. The highest BCUT2D eigenvalue weighted by Gasteiger charge is 2.23. The lowest BCUT2D eigenvalue weighted by molar-refractivity contribution is -0.385. The molecule has 0 aliphatic carbocycles. The van der Waals surface area contributed by atoms with Crippen LogP contribution < -0.4 is 0 Å². The van der Waals surface area contributed by atoms with Crippen molar-refractivity contribution in [1.82, 2.24) is 4.98 Å². The molecule has 1 aliphatic rings. The molecule has 1 aromatic carbocycles. The van der Waals surface area contributed by atoms with Crippen molar-refractivity contribution >= 4 is 11.4 Å². The van der Waals surface area contributed by atoms with Crippen LogP contribution in [-0.4, -0.2) is 20.7 Å². The molecular weight excluding hydrogens is 258 g/mol. The molecule has 6 heteroatoms. The summed E-state index contributed by atoms with van der Waals surface area (Å²) in [5.74, 6) is 0. The van der Waals surface area contributed by atoms with Crippen LogP contribution >= 0.6 is 0 Å². The molecule has 20 heavy (non-hydrogen) atoms. The van der Waals surface area contributed by atoms with Gasteiger partial charge in [-0.05, 0) is 23.8 Å². The van der Waals surface area contributed by atoms with E-state index < -0.39 is 4.92 Å². The maximum absolute atomic E-state index is 11.0. The first kappa shape index (κ1) is 12.4. The van der Waals surface area contributed by atoms with Crippen LogP contribution in [0.4, 0.5) is 5.69 Å². The minimum Gasteiger partial charge on any atom is -0.391 e. The number of aliphatic hydroxyl groups is 1. The molecular formula is C14H11N3O3. The topological polar surface area (TPSA) is 88.6 Å². The minimum atomic E-state index is -0.476. The Labute approximate surface area is 114 Å². The highest BCUT2D eigenvalue weighted by atomic mass is 16.6. The van der Waals surface area contributed by atoms with Gasteiger partial charge in [-0.25, -0.2) is 0 Å². The van der Waals surface area contributed by atoms with Crippen LogP contribution in [0.3, 0.4) is 0 Å². The Hall–Kier alpha value is -2.60. The van der Waals surface area contributed by atoms with Crippen molar-refractivity contribution < 1.29 is 10.0 Å². The predicted octanol–water partition coefficient (Wildman–Crippen LogP) is 1.83. The van der Waals surface area contributed by atoms with Gasteiger partial charge in [-0.1, -0.05) is 0 Å². The number of rotatable bonds is 3. The number of fused-ring (bicyclic) bond motifs is 1. The van der Waals surface area contributed by atoms with Gasteiger partial charge in [-0.15, -0.1) is 0 Å². The Kier molecular flexibility index (Phi) is 3.00. The Morgan fingerprint density at radius 2 is 2.05 bits per heavy atom. The van der Waals surface area contributed by atoms with Gasteiger partial charge in [0.05, 0.1) is 29.4 Å². The molecule has 3 rings (SSSR count). The summed E-state index contributed by atoms with van der Waals surface area (Å²) in [6.45, 7) is 0.0484. The Morgan fingerprint density at radius 3 is 2.70 bits per heavy atom. The van der Waals surface area contributed by atoms with Crippen molar-refractivity contribution in [3.8, 4) is 0 Å². The molecule has 1 aromatic heterocycles. The number of nitro benzene ring substituents is 1. The summed E-state index contributed by atoms with van der Waals surface area (Å²) in [6.07, 6.45) is 3.35. The fraction of sp³-hybridized carbons (Fsp3) is 0.143. The highest BCUT2D eigenvalue weighted by Crippen LogP contribution is 2.30. The summed E-state index contributed by atoms with van der Waals surface area (Å²) in [5.41, 5.74) is 3.59. The molecule has 1 N–H and O–H groups in total. The number of aliphatic imine (C=N–C) groups is 1. The van der Waals surface area contributed by atoms with E-state index in [2.05, 4.69) is 9.98 Å². The second kappa shape index (κ2) is 4.82. The summed E-state index contributed by atoms with van der Waals surface area (Å²) in [6, 6.07) is 6.83. The molecule has 0 bridgehead atoms. The maximum Gasteiger partial charge on any atom is 0.275 e. The van der Waals surface area contributed by atoms with Crippen molar-refractivity contribution in [3.05, 3.63) is 69.0 Å². The summed E-state index contributed by atoms with van der Waals surface area (Å²) in [4.78, 5) is 18.9. The van der Waals surface area contributed by atoms with Crippen LogP contribution in [0.25, 0.3) is 0 Å². The molecule has 0 atom stereocenters. The number of aromatic nitrogens is 1. The maximum atomic E-state index is 11.0. The van der Waals surface area contributed by atoms with Crippen LogP contribution in [0.2, 0.25) is 0 Å². The van der Waals surface area contributed by atoms with Crippen molar-refractivity contribution in [1.29, 1.82) is 0 Å². The van der Waals surface area contributed by atoms with Gasteiger partial charge < -0.3 is 5.11 Å². The number of aliphatic hydroxyl groups excluding tert-OH is 1. The smallest absolute Gasteiger partial charge is 0.275 e. The molecule has 0 saturated carbocycles. The van der Waals surface area contributed by atoms with Crippen LogP contribution in [0.1, 0.15) is 22.3 Å². The standard InChI is InChI=1S/C14H11N3O3/c18-8-11-5-12-10(6-13(11)17(19)20)7-16-14(12)9-1-3-15-4-2-9/h1-6,18H,7-8H2. The average Bonchev–Trinajstić information content (AvgIpc) is 2.89. The number of nitrogens with zero attached hydrogens (tertiary/aromatic N) is 3. The van der Waals surface area contributed by atoms with Gasteiger partial charge in [0.15, 0.2) is 0 Å². The van der Waals surface area contributed by atoms with Gasteiger partial charge in [0, 0.05) is 29.6 Å². The van der Waals surface area contributed by atoms with E-state index in [4.69, 9.17) is 0 Å². The molecule has 0 spiro atoms. The van der Waals surface area contributed by atoms with E-state index in [1.54, 1.807) is 18.5 Å². The van der Waals surface area contributed by atoms with Crippen LogP contribution in [0.5, 0.6) is 0 Å². The Morgan fingerprint density at radius 1 is 1.30 bits per heavy atom. The number of nitro groups is 1. The van der Waals surface area contributed by atoms with E-state index in [1.165, 1.54) is 6.07 Å². The molecule has 0 amide bonds. The zero-order valence-corrected chi connectivity index (χ0v) is 10.5. The van der Waals surface area contributed by atoms with E-state index in [0.717, 1.165) is 22.4 Å². The van der Waals surface area contributed by atoms with Crippen molar-refractivity contribution in [2.75, 3.05) is 0 Å². The van der Waals surface area contributed by atoms with Crippen LogP contribution in [0, 0.1) is 10.1 Å². The molecule has 1 aliphatic heterocycles. The second-order valence-electron chi connectivity index (χ2n) is 4.45. The van der Waals surface area contributed by atoms with E-state index >= 15 is 0 Å².